The molecule has 0 fully saturated rings. The molecule has 0 saturated heterocycles. The van der Waals surface area contributed by atoms with E-state index in [-0.39, 0.29) is 16.8 Å². The van der Waals surface area contributed by atoms with E-state index in [0.717, 1.165) is 23.0 Å². The van der Waals surface area contributed by atoms with Crippen LogP contribution in [-0.4, -0.2) is 26.3 Å². The number of hydrogen-bond acceptors (Lipinski definition) is 3. The molecule has 1 heterocycles. The van der Waals surface area contributed by atoms with Gasteiger partial charge in [0, 0.05) is 23.9 Å². The Labute approximate surface area is 139 Å². The fourth-order valence-corrected chi connectivity index (χ4v) is 3.20. The first-order valence-corrected chi connectivity index (χ1v) is 9.20. The number of benzene rings is 1. The third-order valence-corrected chi connectivity index (χ3v) is 4.81. The molecule has 124 valence electrons. The molecule has 1 atom stereocenters. The number of allylic oxidation sites excluding steroid dienone is 4. The van der Waals surface area contributed by atoms with Gasteiger partial charge in [0.15, 0.2) is 14.9 Å². The lowest BCUT2D eigenvalue weighted by molar-refractivity contribution is 0.455. The highest BCUT2D eigenvalue weighted by Gasteiger charge is 2.21. The molecular formula is C18H15F2NO2S. The molecule has 1 unspecified atom stereocenters. The highest BCUT2D eigenvalue weighted by atomic mass is 32.2. The molecule has 3 rings (SSSR count). The highest BCUT2D eigenvalue weighted by molar-refractivity contribution is 7.90. The van der Waals surface area contributed by atoms with Gasteiger partial charge >= 0.3 is 0 Å². The minimum absolute atomic E-state index is 0.0146. The van der Waals surface area contributed by atoms with Crippen molar-refractivity contribution in [3.05, 3.63) is 71.7 Å². The predicted octanol–water partition coefficient (Wildman–Crippen LogP) is 3.69. The SMILES string of the molecule is CS(=O)(=O)c1ccc(C2=CC(CF)C=C2c2ccc(F)cc2)cn1. The van der Waals surface area contributed by atoms with E-state index in [1.165, 1.54) is 24.4 Å². The van der Waals surface area contributed by atoms with E-state index < -0.39 is 16.5 Å². The molecule has 1 aromatic heterocycles. The fourth-order valence-electron chi connectivity index (χ4n) is 2.64. The van der Waals surface area contributed by atoms with E-state index in [2.05, 4.69) is 4.98 Å². The first-order valence-electron chi connectivity index (χ1n) is 7.31. The Kier molecular flexibility index (Phi) is 4.32. The van der Waals surface area contributed by atoms with Crippen LogP contribution in [0.25, 0.3) is 11.1 Å². The van der Waals surface area contributed by atoms with Crippen LogP contribution in [0.15, 0.2) is 59.8 Å². The summed E-state index contributed by atoms with van der Waals surface area (Å²) in [6, 6.07) is 9.04. The fraction of sp³-hybridized carbons (Fsp3) is 0.167. The molecule has 2 aromatic rings. The van der Waals surface area contributed by atoms with Crippen molar-refractivity contribution in [1.29, 1.82) is 0 Å². The van der Waals surface area contributed by atoms with Crippen molar-refractivity contribution in [3.63, 3.8) is 0 Å². The van der Waals surface area contributed by atoms with E-state index in [1.54, 1.807) is 30.4 Å². The molecule has 24 heavy (non-hydrogen) atoms. The van der Waals surface area contributed by atoms with Crippen molar-refractivity contribution in [1.82, 2.24) is 4.98 Å². The van der Waals surface area contributed by atoms with E-state index in [0.29, 0.717) is 5.56 Å². The van der Waals surface area contributed by atoms with Gasteiger partial charge in [-0.1, -0.05) is 24.3 Å². The summed E-state index contributed by atoms with van der Waals surface area (Å²) in [5.41, 5.74) is 3.00. The Balaban J connectivity index is 2.01. The second-order valence-corrected chi connectivity index (χ2v) is 7.61. The average Bonchev–Trinajstić information content (AvgIpc) is 2.99. The summed E-state index contributed by atoms with van der Waals surface area (Å²) in [5, 5.41) is -0.0146. The van der Waals surface area contributed by atoms with E-state index in [4.69, 9.17) is 0 Å². The van der Waals surface area contributed by atoms with Crippen molar-refractivity contribution in [2.45, 2.75) is 5.03 Å². The summed E-state index contributed by atoms with van der Waals surface area (Å²) >= 11 is 0. The van der Waals surface area contributed by atoms with Gasteiger partial charge in [-0.3, -0.25) is 4.39 Å². The second-order valence-electron chi connectivity index (χ2n) is 5.64. The Hall–Kier alpha value is -2.34. The van der Waals surface area contributed by atoms with Crippen molar-refractivity contribution < 1.29 is 17.2 Å². The van der Waals surface area contributed by atoms with Crippen LogP contribution in [0.5, 0.6) is 0 Å². The average molecular weight is 347 g/mol. The smallest absolute Gasteiger partial charge is 0.192 e. The van der Waals surface area contributed by atoms with Crippen LogP contribution < -0.4 is 0 Å². The summed E-state index contributed by atoms with van der Waals surface area (Å²) in [5.74, 6) is -0.710. The molecule has 3 nitrogen and oxygen atoms in total. The van der Waals surface area contributed by atoms with Crippen LogP contribution >= 0.6 is 0 Å². The molecule has 0 saturated carbocycles. The van der Waals surface area contributed by atoms with Gasteiger partial charge in [0.25, 0.3) is 0 Å². The number of sulfone groups is 1. The van der Waals surface area contributed by atoms with Crippen LogP contribution in [0.1, 0.15) is 11.1 Å². The lowest BCUT2D eigenvalue weighted by Gasteiger charge is -2.10. The zero-order chi connectivity index (χ0) is 17.3. The van der Waals surface area contributed by atoms with Crippen LogP contribution in [0.2, 0.25) is 0 Å². The van der Waals surface area contributed by atoms with Gasteiger partial charge in [0.2, 0.25) is 0 Å². The van der Waals surface area contributed by atoms with Gasteiger partial charge in [-0.25, -0.2) is 17.8 Å². The maximum Gasteiger partial charge on any atom is 0.192 e. The molecule has 0 spiro atoms. The van der Waals surface area contributed by atoms with Crippen molar-refractivity contribution >= 4 is 21.0 Å². The van der Waals surface area contributed by atoms with Crippen molar-refractivity contribution in [2.24, 2.45) is 5.92 Å². The Morgan fingerprint density at radius 2 is 1.58 bits per heavy atom. The zero-order valence-electron chi connectivity index (χ0n) is 12.9. The van der Waals surface area contributed by atoms with Gasteiger partial charge < -0.3 is 0 Å². The second kappa shape index (κ2) is 6.28. The number of halogens is 2. The van der Waals surface area contributed by atoms with Gasteiger partial charge in [-0.05, 0) is 41.0 Å². The molecule has 1 aliphatic carbocycles. The summed E-state index contributed by atoms with van der Waals surface area (Å²) in [7, 11) is -3.38. The normalized spacial score (nSPS) is 17.5. The van der Waals surface area contributed by atoms with Gasteiger partial charge in [0.05, 0.1) is 6.67 Å². The molecule has 0 radical (unpaired) electrons. The first-order chi connectivity index (χ1) is 11.4. The lowest BCUT2D eigenvalue weighted by Crippen LogP contribution is -2.00. The standard InChI is InChI=1S/C18H15F2NO2S/c1-24(22,23)18-7-4-14(11-21-18)17-9-12(10-19)8-16(17)13-2-5-15(20)6-3-13/h2-9,11-12H,10H2,1H3. The van der Waals surface area contributed by atoms with E-state index in [9.17, 15) is 17.2 Å². The van der Waals surface area contributed by atoms with Gasteiger partial charge in [-0.2, -0.15) is 0 Å². The third kappa shape index (κ3) is 3.28. The summed E-state index contributed by atoms with van der Waals surface area (Å²) in [6.45, 7) is -0.539. The molecule has 0 bridgehead atoms. The van der Waals surface area contributed by atoms with E-state index in [1.807, 2.05) is 0 Å². The zero-order valence-corrected chi connectivity index (χ0v) is 13.7. The third-order valence-electron chi connectivity index (χ3n) is 3.81. The number of nitrogens with zero attached hydrogens (tertiary/aromatic N) is 1. The molecule has 0 N–H and O–H groups in total. The largest absolute Gasteiger partial charge is 0.250 e. The molecule has 0 aliphatic heterocycles. The quantitative estimate of drug-likeness (QED) is 0.847. The summed E-state index contributed by atoms with van der Waals surface area (Å²) in [4.78, 5) is 3.98. The Morgan fingerprint density at radius 3 is 2.08 bits per heavy atom. The number of hydrogen-bond donors (Lipinski definition) is 0. The van der Waals surface area contributed by atoms with Crippen LogP contribution in [0.3, 0.4) is 0 Å². The van der Waals surface area contributed by atoms with Crippen LogP contribution in [0.4, 0.5) is 8.78 Å². The summed E-state index contributed by atoms with van der Waals surface area (Å²) in [6.07, 6.45) is 6.11. The predicted molar refractivity (Wildman–Crippen MR) is 89.2 cm³/mol. The van der Waals surface area contributed by atoms with Crippen LogP contribution in [-0.2, 0) is 9.84 Å². The Bertz CT molecular complexity index is 914. The van der Waals surface area contributed by atoms with Gasteiger partial charge in [-0.15, -0.1) is 0 Å². The van der Waals surface area contributed by atoms with Crippen molar-refractivity contribution in [2.75, 3.05) is 12.9 Å². The Morgan fingerprint density at radius 1 is 1.00 bits per heavy atom. The molecule has 6 heteroatoms. The summed E-state index contributed by atoms with van der Waals surface area (Å²) < 4.78 is 49.3. The van der Waals surface area contributed by atoms with E-state index >= 15 is 0 Å². The highest BCUT2D eigenvalue weighted by Crippen LogP contribution is 2.38. The lowest BCUT2D eigenvalue weighted by atomic mass is 9.96. The topological polar surface area (TPSA) is 47.0 Å². The van der Waals surface area contributed by atoms with Crippen LogP contribution in [0, 0.1) is 11.7 Å². The first kappa shape index (κ1) is 16.5. The number of pyridine rings is 1. The molecule has 1 aliphatic rings. The molecule has 0 amide bonds. The monoisotopic (exact) mass is 347 g/mol. The minimum Gasteiger partial charge on any atom is -0.250 e. The number of rotatable bonds is 4. The number of alkyl halides is 1. The maximum absolute atomic E-state index is 13.1. The molecule has 1 aromatic carbocycles. The molecular weight excluding hydrogens is 332 g/mol. The minimum atomic E-state index is -3.38. The number of aromatic nitrogens is 1. The van der Waals surface area contributed by atoms with Gasteiger partial charge in [0.1, 0.15) is 5.82 Å². The van der Waals surface area contributed by atoms with Crippen molar-refractivity contribution in [3.8, 4) is 0 Å². The maximum atomic E-state index is 13.1.